The summed E-state index contributed by atoms with van der Waals surface area (Å²) < 4.78 is 0. The van der Waals surface area contributed by atoms with Gasteiger partial charge in [-0.15, -0.1) is 0 Å². The van der Waals surface area contributed by atoms with Crippen LogP contribution in [0.3, 0.4) is 0 Å². The van der Waals surface area contributed by atoms with Crippen LogP contribution in [0.2, 0.25) is 0 Å². The van der Waals surface area contributed by atoms with Crippen LogP contribution in [0.15, 0.2) is 11.4 Å². The molecule has 6 nitrogen and oxygen atoms in total. The second kappa shape index (κ2) is 5.72. The third-order valence-electron chi connectivity index (χ3n) is 5.67. The molecule has 7 heteroatoms. The number of amides is 2. The van der Waals surface area contributed by atoms with Gasteiger partial charge in [-0.25, -0.2) is 9.97 Å². The molecule has 4 rings (SSSR count). The molecule has 1 aromatic heterocycles. The van der Waals surface area contributed by atoms with Gasteiger partial charge in [-0.05, 0) is 25.5 Å². The number of carbonyl (C=O) groups is 2. The first-order valence-corrected chi connectivity index (χ1v) is 9.78. The van der Waals surface area contributed by atoms with Crippen molar-refractivity contribution in [2.75, 3.05) is 24.7 Å². The molecule has 2 aliphatic heterocycles. The molecule has 24 heavy (non-hydrogen) atoms. The second-order valence-electron chi connectivity index (χ2n) is 7.05. The van der Waals surface area contributed by atoms with E-state index in [0.717, 1.165) is 37.1 Å². The number of rotatable bonds is 2. The normalized spacial score (nSPS) is 27.4. The predicted octanol–water partition coefficient (Wildman–Crippen LogP) is 1.88. The Kier molecular flexibility index (Phi) is 3.78. The van der Waals surface area contributed by atoms with Crippen molar-refractivity contribution in [3.63, 3.8) is 0 Å². The molecule has 1 atom stereocenters. The SMILES string of the molecule is CSc1ncc2c(n1)N(C1CCCC1)C(=O)C1(CCN(C)C1=O)C2. The Bertz CT molecular complexity index is 704. The number of anilines is 1. The maximum atomic E-state index is 13.5. The minimum Gasteiger partial charge on any atom is -0.345 e. The van der Waals surface area contributed by atoms with Gasteiger partial charge < -0.3 is 4.90 Å². The molecule has 2 fully saturated rings. The maximum Gasteiger partial charge on any atom is 0.244 e. The van der Waals surface area contributed by atoms with E-state index in [0.29, 0.717) is 24.5 Å². The molecule has 1 saturated heterocycles. The van der Waals surface area contributed by atoms with Crippen LogP contribution in [-0.4, -0.2) is 52.6 Å². The zero-order chi connectivity index (χ0) is 16.9. The number of aromatic nitrogens is 2. The first kappa shape index (κ1) is 15.9. The first-order chi connectivity index (χ1) is 11.6. The lowest BCUT2D eigenvalue weighted by Gasteiger charge is -2.41. The van der Waals surface area contributed by atoms with Gasteiger partial charge in [-0.3, -0.25) is 14.5 Å². The summed E-state index contributed by atoms with van der Waals surface area (Å²) in [5.74, 6) is 0.649. The molecule has 3 heterocycles. The molecule has 3 aliphatic rings. The lowest BCUT2D eigenvalue weighted by atomic mass is 9.76. The van der Waals surface area contributed by atoms with Gasteiger partial charge >= 0.3 is 0 Å². The fourth-order valence-corrected chi connectivity index (χ4v) is 4.67. The van der Waals surface area contributed by atoms with E-state index < -0.39 is 5.41 Å². The molecular formula is C17H22N4O2S. The van der Waals surface area contributed by atoms with E-state index in [4.69, 9.17) is 0 Å². The predicted molar refractivity (Wildman–Crippen MR) is 91.9 cm³/mol. The van der Waals surface area contributed by atoms with Crippen LogP contribution >= 0.6 is 11.8 Å². The van der Waals surface area contributed by atoms with Gasteiger partial charge in [0.2, 0.25) is 11.8 Å². The van der Waals surface area contributed by atoms with Gasteiger partial charge in [0.15, 0.2) is 5.16 Å². The van der Waals surface area contributed by atoms with Crippen LogP contribution in [-0.2, 0) is 16.0 Å². The van der Waals surface area contributed by atoms with Crippen LogP contribution < -0.4 is 4.90 Å². The topological polar surface area (TPSA) is 66.4 Å². The average Bonchev–Trinajstić information content (AvgIpc) is 3.21. The average molecular weight is 346 g/mol. The van der Waals surface area contributed by atoms with Gasteiger partial charge in [0.25, 0.3) is 0 Å². The Morgan fingerprint density at radius 2 is 2.00 bits per heavy atom. The summed E-state index contributed by atoms with van der Waals surface area (Å²) in [5.41, 5.74) is -0.00265. The quantitative estimate of drug-likeness (QED) is 0.465. The van der Waals surface area contributed by atoms with E-state index in [9.17, 15) is 9.59 Å². The van der Waals surface area contributed by atoms with Crippen molar-refractivity contribution in [3.8, 4) is 0 Å². The largest absolute Gasteiger partial charge is 0.345 e. The molecule has 0 aromatic carbocycles. The molecule has 2 amide bonds. The molecular weight excluding hydrogens is 324 g/mol. The third kappa shape index (κ3) is 2.17. The van der Waals surface area contributed by atoms with Crippen molar-refractivity contribution in [3.05, 3.63) is 11.8 Å². The fraction of sp³-hybridized carbons (Fsp3) is 0.647. The Morgan fingerprint density at radius 3 is 2.62 bits per heavy atom. The molecule has 1 aliphatic carbocycles. The zero-order valence-electron chi connectivity index (χ0n) is 14.1. The molecule has 1 spiro atoms. The van der Waals surface area contributed by atoms with Gasteiger partial charge in [-0.2, -0.15) is 0 Å². The van der Waals surface area contributed by atoms with E-state index in [1.807, 2.05) is 17.4 Å². The van der Waals surface area contributed by atoms with Crippen molar-refractivity contribution in [1.29, 1.82) is 0 Å². The number of nitrogens with zero attached hydrogens (tertiary/aromatic N) is 4. The lowest BCUT2D eigenvalue weighted by molar-refractivity contribution is -0.144. The van der Waals surface area contributed by atoms with Crippen molar-refractivity contribution >= 4 is 29.4 Å². The number of fused-ring (bicyclic) bond motifs is 1. The van der Waals surface area contributed by atoms with E-state index >= 15 is 0 Å². The summed E-state index contributed by atoms with van der Waals surface area (Å²) in [6.07, 6.45) is 9.01. The van der Waals surface area contributed by atoms with Crippen molar-refractivity contribution < 1.29 is 9.59 Å². The van der Waals surface area contributed by atoms with Gasteiger partial charge in [0.1, 0.15) is 11.2 Å². The standard InChI is InChI=1S/C17H22N4O2S/c1-20-8-7-17(14(20)22)9-11-10-18-16(24-2)19-13(11)21(15(17)23)12-5-3-4-6-12/h10,12H,3-9H2,1-2H3. The molecule has 128 valence electrons. The molecule has 0 N–H and O–H groups in total. The summed E-state index contributed by atoms with van der Waals surface area (Å²) in [4.78, 5) is 38.8. The fourth-order valence-electron chi connectivity index (χ4n) is 4.34. The Balaban J connectivity index is 1.84. The number of hydrogen-bond donors (Lipinski definition) is 0. The highest BCUT2D eigenvalue weighted by molar-refractivity contribution is 7.98. The number of likely N-dealkylation sites (tertiary alicyclic amines) is 1. The van der Waals surface area contributed by atoms with Crippen LogP contribution in [0.5, 0.6) is 0 Å². The minimum absolute atomic E-state index is 0.0398. The van der Waals surface area contributed by atoms with Crippen molar-refractivity contribution in [2.45, 2.75) is 49.7 Å². The van der Waals surface area contributed by atoms with E-state index in [2.05, 4.69) is 9.97 Å². The summed E-state index contributed by atoms with van der Waals surface area (Å²) in [6, 6.07) is 0.164. The Labute approximate surface area is 146 Å². The molecule has 0 bridgehead atoms. The highest BCUT2D eigenvalue weighted by Gasteiger charge is 2.57. The first-order valence-electron chi connectivity index (χ1n) is 8.56. The molecule has 1 saturated carbocycles. The Hall–Kier alpha value is -1.63. The number of carbonyl (C=O) groups excluding carboxylic acids is 2. The lowest BCUT2D eigenvalue weighted by Crippen LogP contribution is -2.56. The number of thioether (sulfide) groups is 1. The summed E-state index contributed by atoms with van der Waals surface area (Å²) >= 11 is 1.48. The van der Waals surface area contributed by atoms with E-state index in [1.165, 1.54) is 11.8 Å². The Morgan fingerprint density at radius 1 is 1.25 bits per heavy atom. The van der Waals surface area contributed by atoms with Gasteiger partial charge in [-0.1, -0.05) is 24.6 Å². The van der Waals surface area contributed by atoms with Crippen LogP contribution in [0.1, 0.15) is 37.7 Å². The summed E-state index contributed by atoms with van der Waals surface area (Å²) in [6.45, 7) is 0.641. The summed E-state index contributed by atoms with van der Waals surface area (Å²) in [5, 5.41) is 0.676. The smallest absolute Gasteiger partial charge is 0.244 e. The van der Waals surface area contributed by atoms with Gasteiger partial charge in [0.05, 0.1) is 0 Å². The molecule has 1 unspecified atom stereocenters. The van der Waals surface area contributed by atoms with Crippen molar-refractivity contribution in [2.24, 2.45) is 5.41 Å². The molecule has 1 aromatic rings. The monoisotopic (exact) mass is 346 g/mol. The highest BCUT2D eigenvalue weighted by atomic mass is 32.2. The van der Waals surface area contributed by atoms with Crippen LogP contribution in [0, 0.1) is 5.41 Å². The number of hydrogen-bond acceptors (Lipinski definition) is 5. The summed E-state index contributed by atoms with van der Waals surface area (Å²) in [7, 11) is 1.78. The minimum atomic E-state index is -0.936. The van der Waals surface area contributed by atoms with Crippen LogP contribution in [0.4, 0.5) is 5.82 Å². The van der Waals surface area contributed by atoms with E-state index in [1.54, 1.807) is 11.9 Å². The second-order valence-corrected chi connectivity index (χ2v) is 7.83. The zero-order valence-corrected chi connectivity index (χ0v) is 14.9. The van der Waals surface area contributed by atoms with Crippen LogP contribution in [0.25, 0.3) is 0 Å². The molecule has 0 radical (unpaired) electrons. The van der Waals surface area contributed by atoms with Gasteiger partial charge in [0, 0.05) is 37.8 Å². The maximum absolute atomic E-state index is 13.5. The third-order valence-corrected chi connectivity index (χ3v) is 6.23. The highest BCUT2D eigenvalue weighted by Crippen LogP contribution is 2.45. The van der Waals surface area contributed by atoms with E-state index in [-0.39, 0.29) is 17.9 Å². The van der Waals surface area contributed by atoms with Crippen molar-refractivity contribution in [1.82, 2.24) is 14.9 Å².